The second-order valence-electron chi connectivity index (χ2n) is 6.82. The van der Waals surface area contributed by atoms with Gasteiger partial charge in [0.1, 0.15) is 0 Å². The van der Waals surface area contributed by atoms with Crippen molar-refractivity contribution in [3.8, 4) is 0 Å². The molecule has 0 aromatic carbocycles. The van der Waals surface area contributed by atoms with Gasteiger partial charge in [0.15, 0.2) is 5.69 Å². The van der Waals surface area contributed by atoms with Crippen LogP contribution in [0.4, 0.5) is 13.2 Å². The SMILES string of the molecule is CCn1nc(C(=O)N(C)Cc2ccoc2)c2c1CCC(NCC(F)(F)F)C2. The van der Waals surface area contributed by atoms with Crippen molar-refractivity contribution in [3.63, 3.8) is 0 Å². The van der Waals surface area contributed by atoms with Crippen LogP contribution in [0.5, 0.6) is 0 Å². The van der Waals surface area contributed by atoms with Crippen molar-refractivity contribution in [3.05, 3.63) is 41.1 Å². The summed E-state index contributed by atoms with van der Waals surface area (Å²) in [6.07, 6.45) is 0.417. The second-order valence-corrected chi connectivity index (χ2v) is 6.82. The van der Waals surface area contributed by atoms with Gasteiger partial charge in [-0.05, 0) is 32.3 Å². The summed E-state index contributed by atoms with van der Waals surface area (Å²) in [6, 6.07) is 1.46. The van der Waals surface area contributed by atoms with E-state index in [1.807, 2.05) is 6.92 Å². The van der Waals surface area contributed by atoms with Gasteiger partial charge in [0, 0.05) is 43.0 Å². The zero-order valence-electron chi connectivity index (χ0n) is 15.3. The molecule has 0 spiro atoms. The molecule has 6 nitrogen and oxygen atoms in total. The van der Waals surface area contributed by atoms with Gasteiger partial charge in [-0.15, -0.1) is 0 Å². The Morgan fingerprint density at radius 2 is 2.26 bits per heavy atom. The number of nitrogens with zero attached hydrogens (tertiary/aromatic N) is 3. The number of fused-ring (bicyclic) bond motifs is 1. The van der Waals surface area contributed by atoms with Crippen LogP contribution in [-0.4, -0.2) is 46.4 Å². The molecule has 148 valence electrons. The number of nitrogens with one attached hydrogen (secondary N) is 1. The standard InChI is InChI=1S/C18H23F3N4O2/c1-3-25-15-5-4-13(22-11-18(19,20)21)8-14(15)16(23-25)17(26)24(2)9-12-6-7-27-10-12/h6-7,10,13,22H,3-5,8-9,11H2,1-2H3. The van der Waals surface area contributed by atoms with Crippen molar-refractivity contribution in [1.29, 1.82) is 0 Å². The summed E-state index contributed by atoms with van der Waals surface area (Å²) < 4.78 is 44.3. The maximum Gasteiger partial charge on any atom is 0.401 e. The van der Waals surface area contributed by atoms with E-state index in [1.165, 1.54) is 6.26 Å². The van der Waals surface area contributed by atoms with Gasteiger partial charge in [0.25, 0.3) is 5.91 Å². The minimum atomic E-state index is -4.25. The molecule has 0 fully saturated rings. The molecule has 3 rings (SSSR count). The summed E-state index contributed by atoms with van der Waals surface area (Å²) in [6.45, 7) is 1.89. The fraction of sp³-hybridized carbons (Fsp3) is 0.556. The van der Waals surface area contributed by atoms with Crippen molar-refractivity contribution in [1.82, 2.24) is 20.0 Å². The lowest BCUT2D eigenvalue weighted by atomic mass is 9.91. The van der Waals surface area contributed by atoms with Gasteiger partial charge in [0.2, 0.25) is 0 Å². The minimum Gasteiger partial charge on any atom is -0.472 e. The maximum absolute atomic E-state index is 12.9. The highest BCUT2D eigenvalue weighted by atomic mass is 19.4. The van der Waals surface area contributed by atoms with Crippen LogP contribution in [0.2, 0.25) is 0 Å². The Morgan fingerprint density at radius 1 is 1.48 bits per heavy atom. The predicted molar refractivity (Wildman–Crippen MR) is 92.3 cm³/mol. The third-order valence-electron chi connectivity index (χ3n) is 4.79. The third kappa shape index (κ3) is 4.52. The average molecular weight is 384 g/mol. The van der Waals surface area contributed by atoms with E-state index in [2.05, 4.69) is 10.4 Å². The Hall–Kier alpha value is -2.29. The zero-order valence-corrected chi connectivity index (χ0v) is 15.3. The first-order chi connectivity index (χ1) is 12.8. The van der Waals surface area contributed by atoms with E-state index in [4.69, 9.17) is 4.42 Å². The molecule has 1 unspecified atom stereocenters. The molecule has 1 atom stereocenters. The average Bonchev–Trinajstić information content (AvgIpc) is 3.25. The molecule has 0 bridgehead atoms. The first kappa shape index (κ1) is 19.5. The Balaban J connectivity index is 1.78. The predicted octanol–water partition coefficient (Wildman–Crippen LogP) is 2.78. The van der Waals surface area contributed by atoms with Crippen LogP contribution >= 0.6 is 0 Å². The Bertz CT molecular complexity index is 783. The molecule has 27 heavy (non-hydrogen) atoms. The minimum absolute atomic E-state index is 0.240. The van der Waals surface area contributed by atoms with Crippen molar-refractivity contribution in [2.75, 3.05) is 13.6 Å². The molecule has 0 aliphatic heterocycles. The molecule has 2 aromatic heterocycles. The third-order valence-corrected chi connectivity index (χ3v) is 4.79. The van der Waals surface area contributed by atoms with E-state index >= 15 is 0 Å². The Labute approximate surface area is 155 Å². The van der Waals surface area contributed by atoms with Crippen molar-refractivity contribution in [2.45, 2.75) is 51.5 Å². The van der Waals surface area contributed by atoms with E-state index in [1.54, 1.807) is 29.0 Å². The van der Waals surface area contributed by atoms with E-state index in [9.17, 15) is 18.0 Å². The van der Waals surface area contributed by atoms with Crippen molar-refractivity contribution >= 4 is 5.91 Å². The Morgan fingerprint density at radius 3 is 2.89 bits per heavy atom. The highest BCUT2D eigenvalue weighted by Crippen LogP contribution is 2.27. The van der Waals surface area contributed by atoms with Crippen LogP contribution in [-0.2, 0) is 25.9 Å². The van der Waals surface area contributed by atoms with Crippen LogP contribution in [0, 0.1) is 0 Å². The van der Waals surface area contributed by atoms with Crippen molar-refractivity contribution in [2.24, 2.45) is 0 Å². The number of hydrogen-bond donors (Lipinski definition) is 1. The van der Waals surface area contributed by atoms with Gasteiger partial charge in [0.05, 0.1) is 19.1 Å². The van der Waals surface area contributed by atoms with Crippen LogP contribution in [0.25, 0.3) is 0 Å². The molecule has 1 aliphatic carbocycles. The fourth-order valence-corrected chi connectivity index (χ4v) is 3.46. The highest BCUT2D eigenvalue weighted by Gasteiger charge is 2.33. The molecule has 0 saturated carbocycles. The number of carbonyl (C=O) groups is 1. The number of hydrogen-bond acceptors (Lipinski definition) is 4. The molecule has 0 radical (unpaired) electrons. The molecule has 9 heteroatoms. The van der Waals surface area contributed by atoms with Crippen molar-refractivity contribution < 1.29 is 22.4 Å². The normalized spacial score (nSPS) is 17.0. The summed E-state index contributed by atoms with van der Waals surface area (Å²) in [7, 11) is 1.68. The lowest BCUT2D eigenvalue weighted by Crippen LogP contribution is -2.40. The summed E-state index contributed by atoms with van der Waals surface area (Å²) in [5.41, 5.74) is 2.89. The van der Waals surface area contributed by atoms with E-state index in [0.717, 1.165) is 16.8 Å². The summed E-state index contributed by atoms with van der Waals surface area (Å²) >= 11 is 0. The van der Waals surface area contributed by atoms with Gasteiger partial charge in [-0.2, -0.15) is 18.3 Å². The summed E-state index contributed by atoms with van der Waals surface area (Å²) in [5, 5.41) is 7.02. The van der Waals surface area contributed by atoms with Crippen LogP contribution in [0.15, 0.2) is 23.0 Å². The second kappa shape index (κ2) is 7.75. The number of alkyl halides is 3. The molecular weight excluding hydrogens is 361 g/mol. The smallest absolute Gasteiger partial charge is 0.401 e. The van der Waals surface area contributed by atoms with Gasteiger partial charge in [-0.3, -0.25) is 9.48 Å². The van der Waals surface area contributed by atoms with E-state index in [0.29, 0.717) is 38.0 Å². The number of amides is 1. The first-order valence-corrected chi connectivity index (χ1v) is 8.93. The van der Waals surface area contributed by atoms with Crippen LogP contribution < -0.4 is 5.32 Å². The first-order valence-electron chi connectivity index (χ1n) is 8.93. The lowest BCUT2D eigenvalue weighted by molar-refractivity contribution is -0.126. The molecule has 2 aromatic rings. The molecule has 1 aliphatic rings. The summed E-state index contributed by atoms with van der Waals surface area (Å²) in [5.74, 6) is -0.240. The highest BCUT2D eigenvalue weighted by molar-refractivity contribution is 5.94. The number of aryl methyl sites for hydroxylation is 1. The molecule has 2 heterocycles. The van der Waals surface area contributed by atoms with Gasteiger partial charge in [-0.1, -0.05) is 0 Å². The molecule has 1 amide bonds. The number of rotatable bonds is 6. The Kier molecular flexibility index (Phi) is 5.59. The topological polar surface area (TPSA) is 63.3 Å². The van der Waals surface area contributed by atoms with Gasteiger partial charge < -0.3 is 14.6 Å². The summed E-state index contributed by atoms with van der Waals surface area (Å²) in [4.78, 5) is 14.5. The quantitative estimate of drug-likeness (QED) is 0.832. The zero-order chi connectivity index (χ0) is 19.6. The van der Waals surface area contributed by atoms with E-state index < -0.39 is 12.7 Å². The largest absolute Gasteiger partial charge is 0.472 e. The van der Waals surface area contributed by atoms with Crippen LogP contribution in [0.3, 0.4) is 0 Å². The molecule has 1 N–H and O–H groups in total. The number of carbonyl (C=O) groups excluding carboxylic acids is 1. The fourth-order valence-electron chi connectivity index (χ4n) is 3.46. The van der Waals surface area contributed by atoms with Gasteiger partial charge >= 0.3 is 6.18 Å². The monoisotopic (exact) mass is 384 g/mol. The molecular formula is C18H23F3N4O2. The molecule has 0 saturated heterocycles. The lowest BCUT2D eigenvalue weighted by Gasteiger charge is -2.25. The number of aromatic nitrogens is 2. The number of furan rings is 1. The van der Waals surface area contributed by atoms with Gasteiger partial charge in [-0.25, -0.2) is 0 Å². The van der Waals surface area contributed by atoms with Crippen LogP contribution in [0.1, 0.15) is 40.7 Å². The number of halogens is 3. The maximum atomic E-state index is 12.9. The van der Waals surface area contributed by atoms with E-state index in [-0.39, 0.29) is 11.9 Å².